The minimum Gasteiger partial charge on any atom is -0.391 e. The Morgan fingerprint density at radius 2 is 1.90 bits per heavy atom. The number of aliphatic hydroxyl groups excluding tert-OH is 1. The number of carbonyl (C=O) groups excluding carboxylic acids is 1. The summed E-state index contributed by atoms with van der Waals surface area (Å²) >= 11 is 0. The first-order valence-corrected chi connectivity index (χ1v) is 7.63. The monoisotopic (exact) mass is 291 g/mol. The molecule has 3 atom stereocenters. The quantitative estimate of drug-likeness (QED) is 0.688. The zero-order valence-electron chi connectivity index (χ0n) is 12.7. The molecule has 1 aromatic carbocycles. The fourth-order valence-electron chi connectivity index (χ4n) is 2.64. The third-order valence-corrected chi connectivity index (χ3v) is 4.15. The van der Waals surface area contributed by atoms with E-state index in [0.717, 1.165) is 31.4 Å². The second kappa shape index (κ2) is 7.43. The number of hydrogen-bond acceptors (Lipinski definition) is 3. The lowest BCUT2D eigenvalue weighted by atomic mass is 9.93. The topological polar surface area (TPSA) is 73.4 Å². The molecule has 116 valence electrons. The molecule has 5 heteroatoms. The molecular weight excluding hydrogens is 266 g/mol. The van der Waals surface area contributed by atoms with E-state index in [1.165, 1.54) is 5.56 Å². The maximum absolute atomic E-state index is 12.0. The van der Waals surface area contributed by atoms with Gasteiger partial charge in [-0.1, -0.05) is 25.0 Å². The molecule has 2 amide bonds. The van der Waals surface area contributed by atoms with Crippen LogP contribution in [0.5, 0.6) is 0 Å². The standard InChI is InChI=1S/C16H25N3O2/c1-11(17-2)12-7-9-13(10-8-12)18-16(21)19-14-5-3-4-6-15(14)20/h7-11,14-15,17,20H,3-6H2,1-2H3,(H2,18,19,21). The van der Waals surface area contributed by atoms with Gasteiger partial charge in [0, 0.05) is 11.7 Å². The number of carbonyl (C=O) groups is 1. The SMILES string of the molecule is CNC(C)c1ccc(NC(=O)NC2CCCCC2O)cc1. The van der Waals surface area contributed by atoms with Crippen molar-refractivity contribution in [3.63, 3.8) is 0 Å². The van der Waals surface area contributed by atoms with Gasteiger partial charge in [0.2, 0.25) is 0 Å². The van der Waals surface area contributed by atoms with Gasteiger partial charge in [0.1, 0.15) is 0 Å². The van der Waals surface area contributed by atoms with Gasteiger partial charge in [-0.2, -0.15) is 0 Å². The highest BCUT2D eigenvalue weighted by molar-refractivity contribution is 5.89. The van der Waals surface area contributed by atoms with E-state index < -0.39 is 6.10 Å². The average Bonchev–Trinajstić information content (AvgIpc) is 2.49. The van der Waals surface area contributed by atoms with Crippen molar-refractivity contribution in [2.24, 2.45) is 0 Å². The van der Waals surface area contributed by atoms with Gasteiger partial charge in [-0.05, 0) is 44.5 Å². The minimum atomic E-state index is -0.427. The van der Waals surface area contributed by atoms with Gasteiger partial charge in [-0.3, -0.25) is 0 Å². The predicted molar refractivity (Wildman–Crippen MR) is 84.3 cm³/mol. The van der Waals surface area contributed by atoms with Crippen molar-refractivity contribution in [2.45, 2.75) is 50.8 Å². The highest BCUT2D eigenvalue weighted by Crippen LogP contribution is 2.19. The Hall–Kier alpha value is -1.59. The lowest BCUT2D eigenvalue weighted by Crippen LogP contribution is -2.46. The van der Waals surface area contributed by atoms with Crippen LogP contribution in [0.2, 0.25) is 0 Å². The number of rotatable bonds is 4. The van der Waals surface area contributed by atoms with Crippen molar-refractivity contribution < 1.29 is 9.90 Å². The molecule has 0 spiro atoms. The molecule has 2 rings (SSSR count). The fourth-order valence-corrected chi connectivity index (χ4v) is 2.64. The van der Waals surface area contributed by atoms with Crippen LogP contribution in [-0.4, -0.2) is 30.3 Å². The number of amides is 2. The maximum atomic E-state index is 12.0. The number of benzene rings is 1. The zero-order chi connectivity index (χ0) is 15.2. The average molecular weight is 291 g/mol. The largest absolute Gasteiger partial charge is 0.391 e. The van der Waals surface area contributed by atoms with Crippen molar-refractivity contribution in [2.75, 3.05) is 12.4 Å². The zero-order valence-corrected chi connectivity index (χ0v) is 12.7. The Morgan fingerprint density at radius 3 is 2.52 bits per heavy atom. The van der Waals surface area contributed by atoms with E-state index in [1.807, 2.05) is 31.3 Å². The normalized spacial score (nSPS) is 23.4. The Morgan fingerprint density at radius 1 is 1.24 bits per heavy atom. The van der Waals surface area contributed by atoms with Crippen LogP contribution in [0, 0.1) is 0 Å². The van der Waals surface area contributed by atoms with Crippen LogP contribution in [0.1, 0.15) is 44.2 Å². The summed E-state index contributed by atoms with van der Waals surface area (Å²) in [4.78, 5) is 12.0. The first-order valence-electron chi connectivity index (χ1n) is 7.63. The fraction of sp³-hybridized carbons (Fsp3) is 0.562. The van der Waals surface area contributed by atoms with Crippen molar-refractivity contribution in [1.82, 2.24) is 10.6 Å². The van der Waals surface area contributed by atoms with Crippen molar-refractivity contribution >= 4 is 11.7 Å². The summed E-state index contributed by atoms with van der Waals surface area (Å²) in [5, 5.41) is 18.7. The molecule has 0 aliphatic heterocycles. The number of anilines is 1. The van der Waals surface area contributed by atoms with E-state index in [9.17, 15) is 9.90 Å². The Kier molecular flexibility index (Phi) is 5.59. The Labute approximate surface area is 126 Å². The molecular formula is C16H25N3O2. The summed E-state index contributed by atoms with van der Waals surface area (Å²) in [5.74, 6) is 0. The molecule has 5 nitrogen and oxygen atoms in total. The van der Waals surface area contributed by atoms with Gasteiger partial charge in [-0.25, -0.2) is 4.79 Å². The molecule has 1 fully saturated rings. The van der Waals surface area contributed by atoms with Gasteiger partial charge in [0.05, 0.1) is 12.1 Å². The molecule has 0 saturated heterocycles. The smallest absolute Gasteiger partial charge is 0.319 e. The first kappa shape index (κ1) is 15.8. The van der Waals surface area contributed by atoms with Crippen LogP contribution in [0.15, 0.2) is 24.3 Å². The molecule has 3 unspecified atom stereocenters. The van der Waals surface area contributed by atoms with E-state index >= 15 is 0 Å². The highest BCUT2D eigenvalue weighted by atomic mass is 16.3. The van der Waals surface area contributed by atoms with Gasteiger partial charge >= 0.3 is 6.03 Å². The van der Waals surface area contributed by atoms with Crippen LogP contribution in [0.25, 0.3) is 0 Å². The summed E-state index contributed by atoms with van der Waals surface area (Å²) in [6.45, 7) is 2.08. The van der Waals surface area contributed by atoms with E-state index in [0.29, 0.717) is 0 Å². The Bertz CT molecular complexity index is 461. The summed E-state index contributed by atoms with van der Waals surface area (Å²) in [7, 11) is 1.92. The Balaban J connectivity index is 1.87. The van der Waals surface area contributed by atoms with Crippen molar-refractivity contribution in [1.29, 1.82) is 0 Å². The summed E-state index contributed by atoms with van der Waals surface area (Å²) in [6, 6.07) is 7.65. The second-order valence-electron chi connectivity index (χ2n) is 5.69. The predicted octanol–water partition coefficient (Wildman–Crippen LogP) is 2.39. The van der Waals surface area contributed by atoms with Gasteiger partial charge in [0.15, 0.2) is 0 Å². The number of aliphatic hydroxyl groups is 1. The lowest BCUT2D eigenvalue weighted by molar-refractivity contribution is 0.0955. The van der Waals surface area contributed by atoms with E-state index in [1.54, 1.807) is 0 Å². The van der Waals surface area contributed by atoms with Crippen LogP contribution in [0.4, 0.5) is 10.5 Å². The van der Waals surface area contributed by atoms with Gasteiger partial charge < -0.3 is 21.1 Å². The summed E-state index contributed by atoms with van der Waals surface area (Å²) in [6.07, 6.45) is 3.27. The van der Waals surface area contributed by atoms with Gasteiger partial charge in [-0.15, -0.1) is 0 Å². The number of urea groups is 1. The molecule has 1 aliphatic rings. The third-order valence-electron chi connectivity index (χ3n) is 4.15. The molecule has 1 aliphatic carbocycles. The van der Waals surface area contributed by atoms with E-state index in [2.05, 4.69) is 22.9 Å². The summed E-state index contributed by atoms with van der Waals surface area (Å²) in [5.41, 5.74) is 1.93. The molecule has 0 aromatic heterocycles. The molecule has 21 heavy (non-hydrogen) atoms. The van der Waals surface area contributed by atoms with Crippen LogP contribution >= 0.6 is 0 Å². The second-order valence-corrected chi connectivity index (χ2v) is 5.69. The van der Waals surface area contributed by atoms with Crippen molar-refractivity contribution in [3.8, 4) is 0 Å². The minimum absolute atomic E-state index is 0.137. The highest BCUT2D eigenvalue weighted by Gasteiger charge is 2.24. The molecule has 0 heterocycles. The third kappa shape index (κ3) is 4.44. The lowest BCUT2D eigenvalue weighted by Gasteiger charge is -2.28. The molecule has 0 bridgehead atoms. The van der Waals surface area contributed by atoms with Gasteiger partial charge in [0.25, 0.3) is 0 Å². The van der Waals surface area contributed by atoms with Crippen molar-refractivity contribution in [3.05, 3.63) is 29.8 Å². The molecule has 1 aromatic rings. The van der Waals surface area contributed by atoms with Crippen LogP contribution in [0.3, 0.4) is 0 Å². The maximum Gasteiger partial charge on any atom is 0.319 e. The van der Waals surface area contributed by atoms with E-state index in [4.69, 9.17) is 0 Å². The first-order chi connectivity index (χ1) is 10.1. The number of hydrogen-bond donors (Lipinski definition) is 4. The molecule has 1 saturated carbocycles. The number of nitrogens with one attached hydrogen (secondary N) is 3. The summed E-state index contributed by atoms with van der Waals surface area (Å²) < 4.78 is 0. The van der Waals surface area contributed by atoms with Crippen LogP contribution < -0.4 is 16.0 Å². The molecule has 0 radical (unpaired) electrons. The molecule has 4 N–H and O–H groups in total. The van der Waals surface area contributed by atoms with Crippen LogP contribution in [-0.2, 0) is 0 Å². The van der Waals surface area contributed by atoms with E-state index in [-0.39, 0.29) is 18.1 Å².